The van der Waals surface area contributed by atoms with Gasteiger partial charge in [0.2, 0.25) is 0 Å². The molecule has 0 aromatic heterocycles. The van der Waals surface area contributed by atoms with Crippen molar-refractivity contribution in [2.75, 3.05) is 20.3 Å². The molecule has 0 bridgehead atoms. The van der Waals surface area contributed by atoms with E-state index >= 15 is 0 Å². The van der Waals surface area contributed by atoms with Gasteiger partial charge in [-0.2, -0.15) is 0 Å². The molecule has 1 heterocycles. The zero-order valence-electron chi connectivity index (χ0n) is 25.6. The van der Waals surface area contributed by atoms with Gasteiger partial charge in [0.25, 0.3) is 0 Å². The van der Waals surface area contributed by atoms with E-state index in [1.165, 1.54) is 19.4 Å². The number of rotatable bonds is 6. The molecule has 1 aliphatic rings. The maximum absolute atomic E-state index is 11.3. The van der Waals surface area contributed by atoms with E-state index in [1.807, 2.05) is 64.1 Å². The third kappa shape index (κ3) is 15.2. The summed E-state index contributed by atoms with van der Waals surface area (Å²) < 4.78 is 5.36. The molecule has 6 nitrogen and oxygen atoms in total. The third-order valence-corrected chi connectivity index (χ3v) is 5.88. The van der Waals surface area contributed by atoms with Gasteiger partial charge in [-0.1, -0.05) is 63.8 Å². The summed E-state index contributed by atoms with van der Waals surface area (Å²) in [5.74, 6) is 6.21. The first-order valence-electron chi connectivity index (χ1n) is 13.6. The monoisotopic (exact) mass is 539 g/mol. The summed E-state index contributed by atoms with van der Waals surface area (Å²) in [5, 5.41) is 10.5. The molecule has 3 rings (SSSR count). The summed E-state index contributed by atoms with van der Waals surface area (Å²) in [6.07, 6.45) is 1.09. The minimum absolute atomic E-state index is 0.0721. The molecule has 1 fully saturated rings. The highest BCUT2D eigenvalue weighted by Crippen LogP contribution is 2.16. The average Bonchev–Trinajstić information content (AvgIpc) is 3.49. The number of benzene rings is 2. The first-order valence-corrected chi connectivity index (χ1v) is 13.6. The van der Waals surface area contributed by atoms with Crippen molar-refractivity contribution in [1.82, 2.24) is 5.32 Å². The highest BCUT2D eigenvalue weighted by Gasteiger charge is 2.28. The van der Waals surface area contributed by atoms with E-state index in [0.717, 1.165) is 44.4 Å². The summed E-state index contributed by atoms with van der Waals surface area (Å²) in [4.78, 5) is 32.6. The van der Waals surface area contributed by atoms with Gasteiger partial charge >= 0.3 is 0 Å². The molecule has 2 aromatic carbocycles. The van der Waals surface area contributed by atoms with E-state index in [9.17, 15) is 14.4 Å². The zero-order valence-corrected chi connectivity index (χ0v) is 25.6. The zero-order chi connectivity index (χ0) is 30.4. The molecule has 39 heavy (non-hydrogen) atoms. The molecule has 0 spiro atoms. The van der Waals surface area contributed by atoms with E-state index in [-0.39, 0.29) is 17.3 Å². The summed E-state index contributed by atoms with van der Waals surface area (Å²) in [5.41, 5.74) is 3.08. The number of aliphatic hydroxyl groups excluding tert-OH is 1. The Morgan fingerprint density at radius 1 is 0.846 bits per heavy atom. The van der Waals surface area contributed by atoms with E-state index < -0.39 is 5.41 Å². The molecule has 6 heteroatoms. The van der Waals surface area contributed by atoms with Gasteiger partial charge in [-0.05, 0) is 70.9 Å². The first-order chi connectivity index (χ1) is 18.6. The number of ether oxygens (including phenoxy) is 1. The van der Waals surface area contributed by atoms with Crippen LogP contribution in [0.3, 0.4) is 0 Å². The third-order valence-electron chi connectivity index (χ3n) is 5.88. The second-order valence-electron chi connectivity index (χ2n) is 8.76. The predicted octanol–water partition coefficient (Wildman–Crippen LogP) is 6.02. The fraction of sp³-hybridized carbons (Fsp3) is 0.485. The van der Waals surface area contributed by atoms with E-state index in [4.69, 9.17) is 9.84 Å². The quantitative estimate of drug-likeness (QED) is 0.265. The van der Waals surface area contributed by atoms with Crippen LogP contribution in [0.2, 0.25) is 0 Å². The lowest BCUT2D eigenvalue weighted by Crippen LogP contribution is -2.29. The van der Waals surface area contributed by atoms with Crippen molar-refractivity contribution < 1.29 is 24.2 Å². The van der Waals surface area contributed by atoms with Crippen molar-refractivity contribution in [1.29, 1.82) is 0 Å². The molecule has 0 aliphatic carbocycles. The lowest BCUT2D eigenvalue weighted by Gasteiger charge is -2.15. The van der Waals surface area contributed by atoms with Crippen molar-refractivity contribution in [3.63, 3.8) is 0 Å². The smallest absolute Gasteiger partial charge is 0.159 e. The van der Waals surface area contributed by atoms with E-state index in [0.29, 0.717) is 11.6 Å². The predicted molar refractivity (Wildman–Crippen MR) is 161 cm³/mol. The number of hydrogen-bond donors (Lipinski definition) is 2. The standard InChI is InChI=1S/C21H21NO2.C7H12O2.2C2H6.CH4O/c1-16(23)20-10-8-18(9-11-20)3-2-17-4-6-19(7-5-17)14-22-21-12-13-24-15-21;1-5(8)7(3,4)6(2)9;3*1-2/h4-11,21-22H,12-15H2,1H3;1-4H3;2*1-2H3;2H,1H3. The van der Waals surface area contributed by atoms with Gasteiger partial charge < -0.3 is 15.2 Å². The maximum Gasteiger partial charge on any atom is 0.159 e. The van der Waals surface area contributed by atoms with Gasteiger partial charge in [0.15, 0.2) is 5.78 Å². The number of nitrogens with one attached hydrogen (secondary N) is 1. The van der Waals surface area contributed by atoms with Crippen LogP contribution in [-0.2, 0) is 20.9 Å². The molecular formula is C33H49NO5. The molecule has 0 radical (unpaired) electrons. The molecule has 0 saturated carbocycles. The maximum atomic E-state index is 11.3. The Kier molecular flexibility index (Phi) is 21.2. The number of aliphatic hydroxyl groups is 1. The Hall–Kier alpha value is -3.11. The number of Topliss-reactive ketones (excluding diaryl/α,β-unsaturated/α-hetero) is 3. The van der Waals surface area contributed by atoms with Gasteiger partial charge in [0.05, 0.1) is 12.0 Å². The normalized spacial score (nSPS) is 13.2. The Morgan fingerprint density at radius 3 is 1.62 bits per heavy atom. The second-order valence-corrected chi connectivity index (χ2v) is 8.76. The highest BCUT2D eigenvalue weighted by molar-refractivity contribution is 6.04. The van der Waals surface area contributed by atoms with Crippen LogP contribution in [-0.4, -0.2) is 48.8 Å². The summed E-state index contributed by atoms with van der Waals surface area (Å²) >= 11 is 0. The molecule has 216 valence electrons. The van der Waals surface area contributed by atoms with Crippen LogP contribution in [0.25, 0.3) is 0 Å². The Bertz CT molecular complexity index is 1010. The molecule has 2 N–H and O–H groups in total. The first kappa shape index (κ1) is 38.0. The van der Waals surface area contributed by atoms with E-state index in [2.05, 4.69) is 29.3 Å². The largest absolute Gasteiger partial charge is 0.400 e. The Labute approximate surface area is 236 Å². The second kappa shape index (κ2) is 21.8. The van der Waals surface area contributed by atoms with Crippen LogP contribution in [0.5, 0.6) is 0 Å². The number of ketones is 3. The molecule has 1 saturated heterocycles. The van der Waals surface area contributed by atoms with Crippen LogP contribution in [0.1, 0.15) is 95.8 Å². The van der Waals surface area contributed by atoms with Crippen molar-refractivity contribution in [2.45, 2.75) is 81.3 Å². The molecule has 0 amide bonds. The molecule has 2 aromatic rings. The lowest BCUT2D eigenvalue weighted by atomic mass is 9.85. The van der Waals surface area contributed by atoms with Crippen LogP contribution in [0.4, 0.5) is 0 Å². The highest BCUT2D eigenvalue weighted by atomic mass is 16.5. The number of carbonyl (C=O) groups is 3. The van der Waals surface area contributed by atoms with Crippen LogP contribution in [0, 0.1) is 17.3 Å². The van der Waals surface area contributed by atoms with Gasteiger partial charge in [0, 0.05) is 43.0 Å². The number of carbonyl (C=O) groups excluding carboxylic acids is 3. The van der Waals surface area contributed by atoms with Crippen LogP contribution >= 0.6 is 0 Å². The van der Waals surface area contributed by atoms with Gasteiger partial charge in [-0.15, -0.1) is 0 Å². The van der Waals surface area contributed by atoms with Crippen molar-refractivity contribution in [3.05, 3.63) is 70.8 Å². The lowest BCUT2D eigenvalue weighted by molar-refractivity contribution is -0.136. The van der Waals surface area contributed by atoms with Crippen molar-refractivity contribution in [3.8, 4) is 11.8 Å². The Balaban J connectivity index is 0. The molecule has 1 atom stereocenters. The minimum atomic E-state index is -0.778. The SMILES string of the molecule is CC.CC.CC(=O)C(C)(C)C(C)=O.CC(=O)c1ccc(C#Cc2ccc(CNC3CCOC3)cc2)cc1.CO. The average molecular weight is 540 g/mol. The van der Waals surface area contributed by atoms with Gasteiger partial charge in [-0.3, -0.25) is 14.4 Å². The molecule has 1 unspecified atom stereocenters. The van der Waals surface area contributed by atoms with Crippen LogP contribution < -0.4 is 5.32 Å². The van der Waals surface area contributed by atoms with E-state index in [1.54, 1.807) is 20.8 Å². The summed E-state index contributed by atoms with van der Waals surface area (Å²) in [6.45, 7) is 18.2. The van der Waals surface area contributed by atoms with Crippen LogP contribution in [0.15, 0.2) is 48.5 Å². The fourth-order valence-corrected chi connectivity index (χ4v) is 2.84. The molecule has 1 aliphatic heterocycles. The summed E-state index contributed by atoms with van der Waals surface area (Å²) in [6, 6.07) is 16.1. The minimum Gasteiger partial charge on any atom is -0.400 e. The van der Waals surface area contributed by atoms with Gasteiger partial charge in [0.1, 0.15) is 11.6 Å². The molecular weight excluding hydrogens is 490 g/mol. The van der Waals surface area contributed by atoms with Crippen molar-refractivity contribution in [2.24, 2.45) is 5.41 Å². The van der Waals surface area contributed by atoms with Crippen molar-refractivity contribution >= 4 is 17.3 Å². The topological polar surface area (TPSA) is 92.7 Å². The fourth-order valence-electron chi connectivity index (χ4n) is 2.84. The number of hydrogen-bond acceptors (Lipinski definition) is 6. The summed E-state index contributed by atoms with van der Waals surface area (Å²) in [7, 11) is 1.00. The Morgan fingerprint density at radius 2 is 1.28 bits per heavy atom. The van der Waals surface area contributed by atoms with Gasteiger partial charge in [-0.25, -0.2) is 0 Å².